The Labute approximate surface area is 211 Å². The first-order valence-electron chi connectivity index (χ1n) is 11.6. The molecule has 0 atom stereocenters. The molecule has 0 aliphatic rings. The molecule has 0 saturated carbocycles. The quantitative estimate of drug-likeness (QED) is 0.253. The summed E-state index contributed by atoms with van der Waals surface area (Å²) in [6.45, 7) is 5.93. The smallest absolute Gasteiger partial charge is 0.233 e. The van der Waals surface area contributed by atoms with Crippen molar-refractivity contribution in [3.8, 4) is 22.9 Å². The van der Waals surface area contributed by atoms with Gasteiger partial charge in [0.05, 0.1) is 20.0 Å². The van der Waals surface area contributed by atoms with Gasteiger partial charge in [-0.15, -0.1) is 10.2 Å². The molecule has 0 unspecified atom stereocenters. The monoisotopic (exact) mass is 498 g/mol. The zero-order valence-electron chi connectivity index (χ0n) is 21.1. The van der Waals surface area contributed by atoms with Crippen molar-refractivity contribution in [2.45, 2.75) is 44.6 Å². The Morgan fingerprint density at radius 1 is 1.03 bits per heavy atom. The molecular weight excluding hydrogens is 464 g/mol. The van der Waals surface area contributed by atoms with Gasteiger partial charge in [0.15, 0.2) is 22.5 Å². The number of ether oxygens (including phenoxy) is 3. The molecule has 9 heteroatoms. The first-order chi connectivity index (χ1) is 17.0. The number of amides is 1. The van der Waals surface area contributed by atoms with Crippen molar-refractivity contribution in [2.75, 3.05) is 33.7 Å². The van der Waals surface area contributed by atoms with Crippen LogP contribution in [0, 0.1) is 0 Å². The average Bonchev–Trinajstić information content (AvgIpc) is 3.28. The van der Waals surface area contributed by atoms with E-state index in [4.69, 9.17) is 14.2 Å². The third kappa shape index (κ3) is 6.99. The third-order valence-corrected chi connectivity index (χ3v) is 6.50. The maximum absolute atomic E-state index is 13.2. The molecule has 2 aromatic carbocycles. The van der Waals surface area contributed by atoms with E-state index in [1.54, 1.807) is 21.3 Å². The van der Waals surface area contributed by atoms with Crippen molar-refractivity contribution < 1.29 is 19.0 Å². The molecule has 35 heavy (non-hydrogen) atoms. The van der Waals surface area contributed by atoms with Crippen molar-refractivity contribution in [3.05, 3.63) is 54.1 Å². The van der Waals surface area contributed by atoms with Gasteiger partial charge in [0.2, 0.25) is 5.91 Å². The van der Waals surface area contributed by atoms with Crippen molar-refractivity contribution in [2.24, 2.45) is 0 Å². The summed E-state index contributed by atoms with van der Waals surface area (Å²) in [5.74, 6) is 2.32. The van der Waals surface area contributed by atoms with Crippen LogP contribution in [0.4, 0.5) is 0 Å². The molecular formula is C26H34N4O4S. The number of rotatable bonds is 13. The molecule has 188 valence electrons. The van der Waals surface area contributed by atoms with Crippen molar-refractivity contribution in [1.29, 1.82) is 0 Å². The topological polar surface area (TPSA) is 78.7 Å². The summed E-state index contributed by atoms with van der Waals surface area (Å²) >= 11 is 1.40. The SMILES string of the molecule is COCCCn1c(SCC(=O)N(Cc2ccccc2)C(C)C)nnc1-c1ccc(OC)c(OC)c1. The lowest BCUT2D eigenvalue weighted by molar-refractivity contribution is -0.130. The van der Waals surface area contributed by atoms with Gasteiger partial charge in [-0.1, -0.05) is 42.1 Å². The van der Waals surface area contributed by atoms with E-state index >= 15 is 0 Å². The number of thioether (sulfide) groups is 1. The summed E-state index contributed by atoms with van der Waals surface area (Å²) in [7, 11) is 4.89. The van der Waals surface area contributed by atoms with E-state index in [2.05, 4.69) is 10.2 Å². The summed E-state index contributed by atoms with van der Waals surface area (Å²) in [6.07, 6.45) is 0.794. The second kappa shape index (κ2) is 13.2. The molecule has 0 saturated heterocycles. The Kier molecular flexibility index (Phi) is 9.98. The summed E-state index contributed by atoms with van der Waals surface area (Å²) in [4.78, 5) is 15.1. The highest BCUT2D eigenvalue weighted by Crippen LogP contribution is 2.33. The standard InChI is InChI=1S/C26H34N4O4S/c1-19(2)30(17-20-10-7-6-8-11-20)24(31)18-35-26-28-27-25(29(26)14-9-15-32-3)21-12-13-22(33-4)23(16-21)34-5/h6-8,10-13,16,19H,9,14-15,17-18H2,1-5H3. The molecule has 0 aliphatic heterocycles. The van der Waals surface area contributed by atoms with Crippen LogP contribution in [0.2, 0.25) is 0 Å². The Morgan fingerprint density at radius 3 is 2.43 bits per heavy atom. The van der Waals surface area contributed by atoms with E-state index in [0.717, 1.165) is 17.5 Å². The van der Waals surface area contributed by atoms with E-state index in [1.165, 1.54) is 11.8 Å². The van der Waals surface area contributed by atoms with Gasteiger partial charge in [-0.05, 0) is 44.0 Å². The molecule has 0 N–H and O–H groups in total. The van der Waals surface area contributed by atoms with Gasteiger partial charge < -0.3 is 23.7 Å². The zero-order chi connectivity index (χ0) is 25.2. The summed E-state index contributed by atoms with van der Waals surface area (Å²) in [5.41, 5.74) is 1.97. The van der Waals surface area contributed by atoms with Gasteiger partial charge >= 0.3 is 0 Å². The Hall–Kier alpha value is -3.04. The van der Waals surface area contributed by atoms with Crippen LogP contribution in [-0.2, 0) is 22.6 Å². The second-order valence-corrected chi connectivity index (χ2v) is 9.21. The van der Waals surface area contributed by atoms with Gasteiger partial charge in [0, 0.05) is 38.4 Å². The number of carbonyl (C=O) groups excluding carboxylic acids is 1. The molecule has 1 heterocycles. The molecule has 0 fully saturated rings. The molecule has 0 spiro atoms. The number of hydrogen-bond donors (Lipinski definition) is 0. The normalized spacial score (nSPS) is 11.0. The average molecular weight is 499 g/mol. The number of nitrogens with zero attached hydrogens (tertiary/aromatic N) is 4. The Balaban J connectivity index is 1.80. The maximum Gasteiger partial charge on any atom is 0.233 e. The third-order valence-electron chi connectivity index (χ3n) is 5.55. The van der Waals surface area contributed by atoms with Crippen LogP contribution in [0.5, 0.6) is 11.5 Å². The summed E-state index contributed by atoms with van der Waals surface area (Å²) < 4.78 is 18.1. The highest BCUT2D eigenvalue weighted by atomic mass is 32.2. The fraction of sp³-hybridized carbons (Fsp3) is 0.423. The number of hydrogen-bond acceptors (Lipinski definition) is 7. The fourth-order valence-corrected chi connectivity index (χ4v) is 4.55. The summed E-state index contributed by atoms with van der Waals surface area (Å²) in [6, 6.07) is 15.8. The van der Waals surface area contributed by atoms with Gasteiger partial charge in [0.1, 0.15) is 0 Å². The van der Waals surface area contributed by atoms with Crippen LogP contribution < -0.4 is 9.47 Å². The van der Waals surface area contributed by atoms with Crippen LogP contribution in [0.1, 0.15) is 25.8 Å². The van der Waals surface area contributed by atoms with Gasteiger partial charge in [-0.3, -0.25) is 4.79 Å². The largest absolute Gasteiger partial charge is 0.493 e. The Bertz CT molecular complexity index is 1090. The van der Waals surface area contributed by atoms with Crippen LogP contribution in [0.3, 0.4) is 0 Å². The molecule has 0 aliphatic carbocycles. The molecule has 0 bridgehead atoms. The first-order valence-corrected chi connectivity index (χ1v) is 12.6. The number of carbonyl (C=O) groups is 1. The molecule has 8 nitrogen and oxygen atoms in total. The van der Waals surface area contributed by atoms with Crippen LogP contribution in [0.25, 0.3) is 11.4 Å². The van der Waals surface area contributed by atoms with Gasteiger partial charge in [-0.2, -0.15) is 0 Å². The first kappa shape index (κ1) is 26.6. The fourth-order valence-electron chi connectivity index (χ4n) is 3.70. The predicted octanol–water partition coefficient (Wildman–Crippen LogP) is 4.53. The van der Waals surface area contributed by atoms with E-state index in [9.17, 15) is 4.79 Å². The molecule has 1 amide bonds. The predicted molar refractivity (Wildman–Crippen MR) is 138 cm³/mol. The van der Waals surface area contributed by atoms with E-state index < -0.39 is 0 Å². The summed E-state index contributed by atoms with van der Waals surface area (Å²) in [5, 5.41) is 9.57. The highest BCUT2D eigenvalue weighted by molar-refractivity contribution is 7.99. The van der Waals surface area contributed by atoms with Crippen molar-refractivity contribution >= 4 is 17.7 Å². The lowest BCUT2D eigenvalue weighted by Gasteiger charge is -2.27. The van der Waals surface area contributed by atoms with E-state index in [0.29, 0.717) is 42.2 Å². The Morgan fingerprint density at radius 2 is 1.77 bits per heavy atom. The lowest BCUT2D eigenvalue weighted by Crippen LogP contribution is -2.37. The van der Waals surface area contributed by atoms with Crippen LogP contribution in [-0.4, -0.2) is 65.3 Å². The second-order valence-electron chi connectivity index (χ2n) is 8.26. The minimum atomic E-state index is 0.0629. The van der Waals surface area contributed by atoms with Gasteiger partial charge in [-0.25, -0.2) is 0 Å². The van der Waals surface area contributed by atoms with Crippen LogP contribution >= 0.6 is 11.8 Å². The highest BCUT2D eigenvalue weighted by Gasteiger charge is 2.21. The lowest BCUT2D eigenvalue weighted by atomic mass is 10.2. The zero-order valence-corrected chi connectivity index (χ0v) is 21.9. The van der Waals surface area contributed by atoms with E-state index in [-0.39, 0.29) is 17.7 Å². The number of benzene rings is 2. The van der Waals surface area contributed by atoms with Gasteiger partial charge in [0.25, 0.3) is 0 Å². The molecule has 3 rings (SSSR count). The molecule has 3 aromatic rings. The number of methoxy groups -OCH3 is 3. The molecule has 0 radical (unpaired) electrons. The van der Waals surface area contributed by atoms with Crippen molar-refractivity contribution in [3.63, 3.8) is 0 Å². The van der Waals surface area contributed by atoms with E-state index in [1.807, 2.05) is 71.8 Å². The minimum Gasteiger partial charge on any atom is -0.493 e. The van der Waals surface area contributed by atoms with Crippen molar-refractivity contribution in [1.82, 2.24) is 19.7 Å². The maximum atomic E-state index is 13.2. The van der Waals surface area contributed by atoms with Crippen LogP contribution in [0.15, 0.2) is 53.7 Å². The number of aromatic nitrogens is 3. The minimum absolute atomic E-state index is 0.0629. The molecule has 1 aromatic heterocycles.